The number of thiazole rings is 1. The maximum absolute atomic E-state index is 13.7. The summed E-state index contributed by atoms with van der Waals surface area (Å²) < 4.78 is 16.5. The number of nitrogens with zero attached hydrogens (tertiary/aromatic N) is 2. The molecule has 0 saturated carbocycles. The number of aromatic nitrogens is 1. The molecule has 1 N–H and O–H groups in total. The Labute approximate surface area is 252 Å². The van der Waals surface area contributed by atoms with Gasteiger partial charge in [-0.25, -0.2) is 9.78 Å². The molecule has 218 valence electrons. The highest BCUT2D eigenvalue weighted by atomic mass is 32.1. The number of amides is 1. The number of para-hydroxylation sites is 1. The number of benzene rings is 3. The Bertz CT molecular complexity index is 1760. The molecule has 0 spiro atoms. The topological polar surface area (TPSA) is 115 Å². The summed E-state index contributed by atoms with van der Waals surface area (Å²) in [5, 5.41) is 11.7. The lowest BCUT2D eigenvalue weighted by atomic mass is 9.94. The zero-order valence-corrected chi connectivity index (χ0v) is 24.5. The van der Waals surface area contributed by atoms with Crippen LogP contribution in [0.5, 0.6) is 17.2 Å². The summed E-state index contributed by atoms with van der Waals surface area (Å²) in [6, 6.07) is 19.9. The molecule has 0 unspecified atom stereocenters. The number of ether oxygens (including phenoxy) is 3. The fraction of sp³-hybridized carbons (Fsp3) is 0.152. The minimum atomic E-state index is -1.08. The van der Waals surface area contributed by atoms with E-state index in [1.807, 2.05) is 18.2 Å². The van der Waals surface area contributed by atoms with Crippen LogP contribution in [-0.2, 0) is 14.3 Å². The van der Waals surface area contributed by atoms with Gasteiger partial charge in [-0.2, -0.15) is 0 Å². The molecule has 1 saturated heterocycles. The van der Waals surface area contributed by atoms with Gasteiger partial charge in [0.25, 0.3) is 5.78 Å². The number of hydrogen-bond acceptors (Lipinski definition) is 9. The normalized spacial score (nSPS) is 15.8. The fourth-order valence-electron chi connectivity index (χ4n) is 4.77. The van der Waals surface area contributed by atoms with Crippen LogP contribution < -0.4 is 14.4 Å². The number of methoxy groups -OCH3 is 1. The first-order valence-corrected chi connectivity index (χ1v) is 14.1. The van der Waals surface area contributed by atoms with Gasteiger partial charge in [-0.1, -0.05) is 54.3 Å². The van der Waals surface area contributed by atoms with Gasteiger partial charge in [0, 0.05) is 5.56 Å². The summed E-state index contributed by atoms with van der Waals surface area (Å²) in [7, 11) is 1.54. The third-order valence-electron chi connectivity index (χ3n) is 6.77. The summed E-state index contributed by atoms with van der Waals surface area (Å²) in [6.45, 7) is 6.98. The molecule has 1 aliphatic rings. The number of hydrogen-bond donors (Lipinski definition) is 1. The van der Waals surface area contributed by atoms with Crippen molar-refractivity contribution in [1.82, 2.24) is 4.98 Å². The molecule has 1 aromatic heterocycles. The second-order valence-corrected chi connectivity index (χ2v) is 10.6. The average molecular weight is 597 g/mol. The molecule has 1 atom stereocenters. The van der Waals surface area contributed by atoms with Crippen molar-refractivity contribution in [3.63, 3.8) is 0 Å². The maximum atomic E-state index is 13.7. The van der Waals surface area contributed by atoms with Gasteiger partial charge < -0.3 is 19.3 Å². The van der Waals surface area contributed by atoms with Crippen LogP contribution >= 0.6 is 11.3 Å². The quantitative estimate of drug-likeness (QED) is 0.0763. The van der Waals surface area contributed by atoms with Gasteiger partial charge in [0.1, 0.15) is 34.5 Å². The van der Waals surface area contributed by atoms with E-state index < -0.39 is 23.7 Å². The lowest BCUT2D eigenvalue weighted by Gasteiger charge is -2.23. The van der Waals surface area contributed by atoms with Gasteiger partial charge in [-0.3, -0.25) is 14.5 Å². The third kappa shape index (κ3) is 5.77. The molecule has 0 bridgehead atoms. The Balaban J connectivity index is 1.66. The van der Waals surface area contributed by atoms with Gasteiger partial charge >= 0.3 is 11.9 Å². The van der Waals surface area contributed by atoms with Crippen molar-refractivity contribution in [2.24, 2.45) is 0 Å². The van der Waals surface area contributed by atoms with E-state index in [4.69, 9.17) is 14.2 Å². The zero-order valence-electron chi connectivity index (χ0n) is 23.7. The number of aliphatic hydroxyl groups is 1. The predicted octanol–water partition coefficient (Wildman–Crippen LogP) is 6.53. The highest BCUT2D eigenvalue weighted by molar-refractivity contribution is 7.17. The second-order valence-electron chi connectivity index (χ2n) is 9.64. The first kappa shape index (κ1) is 29.3. The van der Waals surface area contributed by atoms with Gasteiger partial charge in [-0.05, 0) is 67.4 Å². The molecule has 5 rings (SSSR count). The van der Waals surface area contributed by atoms with Crippen molar-refractivity contribution >= 4 is 39.9 Å². The van der Waals surface area contributed by atoms with Crippen molar-refractivity contribution in [1.29, 1.82) is 0 Å². The molecule has 10 heteroatoms. The monoisotopic (exact) mass is 596 g/mol. The Morgan fingerprint density at radius 1 is 1.05 bits per heavy atom. The molecule has 3 aromatic carbocycles. The van der Waals surface area contributed by atoms with Crippen molar-refractivity contribution < 1.29 is 33.7 Å². The summed E-state index contributed by atoms with van der Waals surface area (Å²) in [5.74, 6) is -1.11. The van der Waals surface area contributed by atoms with E-state index in [9.17, 15) is 19.5 Å². The smallest absolute Gasteiger partial charge is 0.350 e. The van der Waals surface area contributed by atoms with Crippen LogP contribution in [0.15, 0.2) is 91.0 Å². The Morgan fingerprint density at radius 2 is 1.79 bits per heavy atom. The lowest BCUT2D eigenvalue weighted by molar-refractivity contribution is -0.132. The van der Waals surface area contributed by atoms with Crippen LogP contribution in [0.3, 0.4) is 0 Å². The molecule has 4 aromatic rings. The van der Waals surface area contributed by atoms with Crippen LogP contribution in [0.2, 0.25) is 0 Å². The number of carbonyl (C=O) groups is 3. The number of ketones is 1. The van der Waals surface area contributed by atoms with Gasteiger partial charge in [-0.15, -0.1) is 0 Å². The van der Waals surface area contributed by atoms with E-state index in [1.165, 1.54) is 18.1 Å². The Morgan fingerprint density at radius 3 is 2.49 bits per heavy atom. The minimum Gasteiger partial charge on any atom is -0.507 e. The predicted molar refractivity (Wildman–Crippen MR) is 163 cm³/mol. The van der Waals surface area contributed by atoms with Gasteiger partial charge in [0.2, 0.25) is 0 Å². The molecule has 1 amide bonds. The molecular formula is C33H28N2O7S. The number of carbonyl (C=O) groups excluding carboxylic acids is 3. The summed E-state index contributed by atoms with van der Waals surface area (Å²) >= 11 is 0.924. The van der Waals surface area contributed by atoms with Crippen LogP contribution in [-0.4, -0.2) is 41.5 Å². The standard InChI is InChI=1S/C33H28N2O7S/c1-5-16-41-32(39)30-20(3)34-33(43-30)35-27(21-10-9-13-24(18-21)42-23-11-7-6-8-12-23)26(29(37)31(35)38)28(36)22-14-15-25(40-4)19(2)17-22/h5-15,17-18,27,36H,1,16H2,2-4H3/t27-/m0/s1. The summed E-state index contributed by atoms with van der Waals surface area (Å²) in [4.78, 5) is 45.8. The van der Waals surface area contributed by atoms with E-state index in [2.05, 4.69) is 11.6 Å². The number of anilines is 1. The van der Waals surface area contributed by atoms with E-state index in [1.54, 1.807) is 68.4 Å². The Hall–Kier alpha value is -5.22. The van der Waals surface area contributed by atoms with E-state index in [-0.39, 0.29) is 27.9 Å². The fourth-order valence-corrected chi connectivity index (χ4v) is 5.76. The number of Topliss-reactive ketones (excluding diaryl/α,β-unsaturated/α-hetero) is 1. The lowest BCUT2D eigenvalue weighted by Crippen LogP contribution is -2.29. The van der Waals surface area contributed by atoms with Crippen molar-refractivity contribution in [3.8, 4) is 17.2 Å². The SMILES string of the molecule is C=CCOC(=O)c1sc(N2C(=O)C(=O)C(=C(O)c3ccc(OC)c(C)c3)[C@@H]2c2cccc(Oc3ccccc3)c2)nc1C. The van der Waals surface area contributed by atoms with E-state index in [0.717, 1.165) is 16.9 Å². The zero-order chi connectivity index (χ0) is 30.7. The third-order valence-corrected chi connectivity index (χ3v) is 7.91. The molecule has 43 heavy (non-hydrogen) atoms. The highest BCUT2D eigenvalue weighted by Gasteiger charge is 2.48. The molecule has 1 fully saturated rings. The van der Waals surface area contributed by atoms with Crippen LogP contribution in [0.1, 0.15) is 38.1 Å². The molecule has 0 radical (unpaired) electrons. The number of aliphatic hydroxyl groups excluding tert-OH is 1. The minimum absolute atomic E-state index is 0.00546. The van der Waals surface area contributed by atoms with Gasteiger partial charge in [0.05, 0.1) is 24.4 Å². The van der Waals surface area contributed by atoms with E-state index >= 15 is 0 Å². The first-order valence-electron chi connectivity index (χ1n) is 13.3. The molecule has 0 aliphatic carbocycles. The number of aryl methyl sites for hydroxylation is 2. The highest BCUT2D eigenvalue weighted by Crippen LogP contribution is 2.45. The van der Waals surface area contributed by atoms with Crippen LogP contribution in [0, 0.1) is 13.8 Å². The molecule has 2 heterocycles. The summed E-state index contributed by atoms with van der Waals surface area (Å²) in [5.41, 5.74) is 1.76. The van der Waals surface area contributed by atoms with Crippen molar-refractivity contribution in [3.05, 3.63) is 118 Å². The van der Waals surface area contributed by atoms with Crippen molar-refractivity contribution in [2.75, 3.05) is 18.6 Å². The number of rotatable bonds is 9. The summed E-state index contributed by atoms with van der Waals surface area (Å²) in [6.07, 6.45) is 1.44. The number of esters is 1. The molecular weight excluding hydrogens is 568 g/mol. The largest absolute Gasteiger partial charge is 0.507 e. The maximum Gasteiger partial charge on any atom is 0.350 e. The van der Waals surface area contributed by atoms with E-state index in [0.29, 0.717) is 34.1 Å². The average Bonchev–Trinajstić information content (AvgIpc) is 3.52. The van der Waals surface area contributed by atoms with Crippen LogP contribution in [0.25, 0.3) is 5.76 Å². The first-order chi connectivity index (χ1) is 20.7. The second kappa shape index (κ2) is 12.3. The Kier molecular flexibility index (Phi) is 8.40. The van der Waals surface area contributed by atoms with Crippen LogP contribution in [0.4, 0.5) is 5.13 Å². The molecule has 1 aliphatic heterocycles. The van der Waals surface area contributed by atoms with Gasteiger partial charge in [0.15, 0.2) is 5.13 Å². The molecule has 9 nitrogen and oxygen atoms in total. The van der Waals surface area contributed by atoms with Crippen molar-refractivity contribution in [2.45, 2.75) is 19.9 Å².